The van der Waals surface area contributed by atoms with Gasteiger partial charge in [-0.15, -0.1) is 5.10 Å². The summed E-state index contributed by atoms with van der Waals surface area (Å²) in [5.41, 5.74) is -3.00. The molecule has 1 aromatic carbocycles. The van der Waals surface area contributed by atoms with Crippen LogP contribution in [0.25, 0.3) is 0 Å². The smallest absolute Gasteiger partial charge is 0.427 e. The molecule has 2 atom stereocenters. The Morgan fingerprint density at radius 3 is 2.57 bits per heavy atom. The second-order valence-electron chi connectivity index (χ2n) is 9.72. The molecule has 234 valence electrons. The molecule has 0 saturated carbocycles. The highest BCUT2D eigenvalue weighted by Crippen LogP contribution is 2.40. The van der Waals surface area contributed by atoms with Crippen LogP contribution >= 0.6 is 0 Å². The van der Waals surface area contributed by atoms with Crippen LogP contribution < -0.4 is 24.4 Å². The van der Waals surface area contributed by atoms with E-state index in [1.54, 1.807) is 6.92 Å². The molecule has 0 radical (unpaired) electrons. The molecule has 0 spiro atoms. The van der Waals surface area contributed by atoms with E-state index in [4.69, 9.17) is 14.6 Å². The first-order valence-electron chi connectivity index (χ1n) is 12.6. The lowest BCUT2D eigenvalue weighted by molar-refractivity contribution is -0.242. The van der Waals surface area contributed by atoms with Crippen LogP contribution in [0.1, 0.15) is 27.7 Å². The molecular formula is C24H32F3N5O9S. The number of aromatic nitrogens is 2. The third-order valence-electron chi connectivity index (χ3n) is 5.96. The summed E-state index contributed by atoms with van der Waals surface area (Å²) in [5, 5.41) is 27.6. The molecule has 1 aromatic heterocycles. The number of rotatable bonds is 11. The van der Waals surface area contributed by atoms with Crippen LogP contribution in [0.4, 0.5) is 29.3 Å². The minimum Gasteiger partial charge on any atom is -0.484 e. The van der Waals surface area contributed by atoms with Crippen LogP contribution in [0.15, 0.2) is 29.3 Å². The number of aryl methyl sites for hydroxylation is 1. The van der Waals surface area contributed by atoms with Gasteiger partial charge in [0.2, 0.25) is 11.5 Å². The van der Waals surface area contributed by atoms with Gasteiger partial charge in [0, 0.05) is 25.4 Å². The van der Waals surface area contributed by atoms with Crippen LogP contribution in [0.5, 0.6) is 11.6 Å². The van der Waals surface area contributed by atoms with E-state index >= 15 is 0 Å². The minimum atomic E-state index is -4.85. The summed E-state index contributed by atoms with van der Waals surface area (Å²) < 4.78 is 85.5. The Hall–Kier alpha value is -3.77. The number of aliphatic hydroxyl groups is 2. The van der Waals surface area contributed by atoms with Crippen molar-refractivity contribution in [2.75, 3.05) is 35.9 Å². The maximum atomic E-state index is 14.0. The van der Waals surface area contributed by atoms with Gasteiger partial charge in [-0.1, -0.05) is 0 Å². The van der Waals surface area contributed by atoms with Crippen LogP contribution in [-0.2, 0) is 26.1 Å². The number of hydrogen-bond donors (Lipinski definition) is 4. The van der Waals surface area contributed by atoms with E-state index in [0.717, 1.165) is 4.31 Å². The Morgan fingerprint density at radius 2 is 1.98 bits per heavy atom. The zero-order valence-electron chi connectivity index (χ0n) is 23.1. The maximum absolute atomic E-state index is 14.0. The second kappa shape index (κ2) is 12.6. The average Bonchev–Trinajstić information content (AvgIpc) is 3.33. The lowest BCUT2D eigenvalue weighted by atomic mass is 10.1. The normalized spacial score (nSPS) is 16.2. The topological polar surface area (TPSA) is 182 Å². The summed E-state index contributed by atoms with van der Waals surface area (Å²) in [6.07, 6.45) is -7.26. The summed E-state index contributed by atoms with van der Waals surface area (Å²) in [7, 11) is -4.52. The number of alkyl halides is 3. The second-order valence-corrected chi connectivity index (χ2v) is 11.6. The van der Waals surface area contributed by atoms with E-state index < -0.39 is 58.2 Å². The van der Waals surface area contributed by atoms with Gasteiger partial charge in [0.25, 0.3) is 15.9 Å². The van der Waals surface area contributed by atoms with E-state index in [2.05, 4.69) is 20.5 Å². The quantitative estimate of drug-likeness (QED) is 0.287. The molecule has 4 N–H and O–H groups in total. The summed E-state index contributed by atoms with van der Waals surface area (Å²) >= 11 is 0. The monoisotopic (exact) mass is 623 g/mol. The van der Waals surface area contributed by atoms with Gasteiger partial charge >= 0.3 is 12.3 Å². The summed E-state index contributed by atoms with van der Waals surface area (Å²) in [5.74, 6) is -0.722. The van der Waals surface area contributed by atoms with Crippen molar-refractivity contribution in [3.8, 4) is 11.6 Å². The molecule has 14 nitrogen and oxygen atoms in total. The van der Waals surface area contributed by atoms with Crippen molar-refractivity contribution in [1.29, 1.82) is 0 Å². The first kappa shape index (κ1) is 32.7. The van der Waals surface area contributed by atoms with Gasteiger partial charge in [0.1, 0.15) is 24.6 Å². The molecule has 0 aliphatic carbocycles. The highest BCUT2D eigenvalue weighted by atomic mass is 32.2. The van der Waals surface area contributed by atoms with Gasteiger partial charge < -0.3 is 29.7 Å². The van der Waals surface area contributed by atoms with Crippen LogP contribution in [0, 0.1) is 0 Å². The number of amides is 2. The summed E-state index contributed by atoms with van der Waals surface area (Å²) in [6, 6.07) is 3.74. The van der Waals surface area contributed by atoms with Gasteiger partial charge in [-0.3, -0.25) is 19.1 Å². The largest absolute Gasteiger partial charge is 0.484 e. The number of halogens is 3. The van der Waals surface area contributed by atoms with Gasteiger partial charge in [0.05, 0.1) is 25.4 Å². The number of hydrogen-bond acceptors (Lipinski definition) is 10. The number of ether oxygens (including phenoxy) is 3. The maximum Gasteiger partial charge on any atom is 0.427 e. The molecule has 18 heteroatoms. The molecule has 2 aromatic rings. The van der Waals surface area contributed by atoms with Crippen molar-refractivity contribution in [3.63, 3.8) is 0 Å². The molecule has 1 aliphatic heterocycles. The van der Waals surface area contributed by atoms with E-state index in [9.17, 15) is 36.3 Å². The zero-order valence-corrected chi connectivity index (χ0v) is 24.0. The van der Waals surface area contributed by atoms with Crippen LogP contribution in [-0.4, -0.2) is 90.7 Å². The third kappa shape index (κ3) is 7.54. The number of carbonyl (C=O) groups is 2. The number of fused-ring (bicyclic) bond motifs is 1. The Kier molecular flexibility index (Phi) is 9.84. The van der Waals surface area contributed by atoms with Gasteiger partial charge in [-0.25, -0.2) is 13.2 Å². The predicted octanol–water partition coefficient (Wildman–Crippen LogP) is 1.62. The first-order valence-corrected chi connectivity index (χ1v) is 14.1. The molecule has 0 saturated heterocycles. The van der Waals surface area contributed by atoms with Crippen molar-refractivity contribution >= 4 is 33.4 Å². The number of sulfonamides is 1. The van der Waals surface area contributed by atoms with Crippen LogP contribution in [0.2, 0.25) is 0 Å². The zero-order chi connectivity index (χ0) is 31.5. The van der Waals surface area contributed by atoms with E-state index in [1.165, 1.54) is 36.0 Å². The van der Waals surface area contributed by atoms with Crippen molar-refractivity contribution in [2.45, 2.75) is 63.1 Å². The molecule has 0 unspecified atom stereocenters. The number of aliphatic hydroxyl groups excluding tert-OH is 2. The van der Waals surface area contributed by atoms with E-state index in [-0.39, 0.29) is 48.5 Å². The molecule has 0 fully saturated rings. The number of anilines is 2. The lowest BCUT2D eigenvalue weighted by Crippen LogP contribution is -2.48. The molecule has 2 heterocycles. The van der Waals surface area contributed by atoms with E-state index in [0.29, 0.717) is 13.8 Å². The lowest BCUT2D eigenvalue weighted by Gasteiger charge is -2.35. The summed E-state index contributed by atoms with van der Waals surface area (Å²) in [4.78, 5) is 23.4. The van der Waals surface area contributed by atoms with Crippen molar-refractivity contribution in [1.82, 2.24) is 15.1 Å². The Morgan fingerprint density at radius 1 is 1.29 bits per heavy atom. The van der Waals surface area contributed by atoms with Gasteiger partial charge in [0.15, 0.2) is 4.90 Å². The number of benzene rings is 1. The highest BCUT2D eigenvalue weighted by molar-refractivity contribution is 7.93. The van der Waals surface area contributed by atoms with Gasteiger partial charge in [-0.05, 0) is 39.0 Å². The van der Waals surface area contributed by atoms with E-state index in [1.807, 2.05) is 0 Å². The summed E-state index contributed by atoms with van der Waals surface area (Å²) in [6.45, 7) is 3.06. The number of carbonyl (C=O) groups excluding carboxylic acids is 2. The third-order valence-corrected chi connectivity index (χ3v) is 7.72. The Labute approximate surface area is 239 Å². The standard InChI is InChI=1S/C24H32F3N5O9S/c1-5-31-11-20(21(30-31)39-13-16(35)12-33)42(37,38)32-10-17(9-28-14(2)34)40-19-7-6-15(8-18(19)32)29-22(36)41-23(3,4)24(25,26)27/h6-8,11,16-17,33,35H,5,9-10,12-13H2,1-4H3,(H,28,34)(H,29,36)/t16-,17-/m0/s1. The number of nitrogens with zero attached hydrogens (tertiary/aromatic N) is 3. The van der Waals surface area contributed by atoms with Gasteiger partial charge in [-0.2, -0.15) is 13.2 Å². The van der Waals surface area contributed by atoms with Crippen molar-refractivity contribution in [2.24, 2.45) is 0 Å². The van der Waals surface area contributed by atoms with Crippen molar-refractivity contribution < 1.29 is 55.6 Å². The average molecular weight is 624 g/mol. The molecule has 42 heavy (non-hydrogen) atoms. The molecule has 0 bridgehead atoms. The molecular weight excluding hydrogens is 591 g/mol. The number of nitrogens with one attached hydrogen (secondary N) is 2. The minimum absolute atomic E-state index is 0.0239. The van der Waals surface area contributed by atoms with Crippen LogP contribution in [0.3, 0.4) is 0 Å². The SMILES string of the molecule is CCn1cc(S(=O)(=O)N2C[C@H](CNC(C)=O)Oc3ccc(NC(=O)OC(C)(C)C(F)(F)F)cc32)c(OC[C@@H](O)CO)n1. The Balaban J connectivity index is 2.01. The molecule has 2 amide bonds. The first-order chi connectivity index (χ1) is 19.5. The van der Waals surface area contributed by atoms with Crippen molar-refractivity contribution in [3.05, 3.63) is 24.4 Å². The molecule has 1 aliphatic rings. The molecule has 3 rings (SSSR count). The fourth-order valence-corrected chi connectivity index (χ4v) is 5.16. The fourth-order valence-electron chi connectivity index (χ4n) is 3.59. The Bertz CT molecular complexity index is 1400. The highest BCUT2D eigenvalue weighted by Gasteiger charge is 2.51. The predicted molar refractivity (Wildman–Crippen MR) is 141 cm³/mol. The fraction of sp³-hybridized carbons (Fsp3) is 0.542.